The summed E-state index contributed by atoms with van der Waals surface area (Å²) in [6.07, 6.45) is 0. The highest BCUT2D eigenvalue weighted by Gasteiger charge is 2.17. The number of hydrogen-bond acceptors (Lipinski definition) is 3. The van der Waals surface area contributed by atoms with Crippen LogP contribution in [0.4, 0.5) is 0 Å². The molecule has 1 rings (SSSR count). The fourth-order valence-corrected chi connectivity index (χ4v) is 3.68. The van der Waals surface area contributed by atoms with Gasteiger partial charge in [-0.25, -0.2) is 0 Å². The number of ether oxygens (including phenoxy) is 1. The first kappa shape index (κ1) is 18.5. The first-order valence-corrected chi connectivity index (χ1v) is 8.57. The summed E-state index contributed by atoms with van der Waals surface area (Å²) >= 11 is 6.96. The van der Waals surface area contributed by atoms with Crippen LogP contribution in [0.15, 0.2) is 21.1 Å². The fourth-order valence-electron chi connectivity index (χ4n) is 2.08. The van der Waals surface area contributed by atoms with Crippen molar-refractivity contribution in [2.75, 3.05) is 20.2 Å². The lowest BCUT2D eigenvalue weighted by Crippen LogP contribution is -2.44. The molecule has 0 saturated heterocycles. The zero-order valence-electron chi connectivity index (χ0n) is 12.9. The van der Waals surface area contributed by atoms with Gasteiger partial charge in [-0.3, -0.25) is 4.79 Å². The van der Waals surface area contributed by atoms with Crippen LogP contribution >= 0.6 is 31.9 Å². The van der Waals surface area contributed by atoms with Gasteiger partial charge in [-0.1, -0.05) is 0 Å². The summed E-state index contributed by atoms with van der Waals surface area (Å²) in [7, 11) is 1.63. The lowest BCUT2D eigenvalue weighted by atomic mass is 10.2. The second-order valence-electron chi connectivity index (χ2n) is 4.71. The third kappa shape index (κ3) is 4.97. The van der Waals surface area contributed by atoms with E-state index in [1.54, 1.807) is 7.11 Å². The number of rotatable bonds is 7. The minimum absolute atomic E-state index is 0.131. The normalized spacial score (nSPS) is 12.1. The molecule has 0 aliphatic carbocycles. The molecule has 0 aliphatic rings. The Labute approximate surface area is 143 Å². The van der Waals surface area contributed by atoms with Crippen LogP contribution in [-0.4, -0.2) is 37.0 Å². The van der Waals surface area contributed by atoms with Crippen molar-refractivity contribution in [1.82, 2.24) is 10.2 Å². The summed E-state index contributed by atoms with van der Waals surface area (Å²) in [6, 6.07) is 3.78. The number of carbonyl (C=O) groups is 1. The van der Waals surface area contributed by atoms with E-state index in [0.717, 1.165) is 33.3 Å². The van der Waals surface area contributed by atoms with Gasteiger partial charge < -0.3 is 15.0 Å². The maximum atomic E-state index is 12.2. The van der Waals surface area contributed by atoms with Gasteiger partial charge in [0.05, 0.1) is 22.1 Å². The minimum Gasteiger partial charge on any atom is -0.494 e. The van der Waals surface area contributed by atoms with E-state index in [-0.39, 0.29) is 11.9 Å². The van der Waals surface area contributed by atoms with Gasteiger partial charge in [0.25, 0.3) is 0 Å². The van der Waals surface area contributed by atoms with Crippen LogP contribution < -0.4 is 10.1 Å². The Hall–Kier alpha value is -0.590. The van der Waals surface area contributed by atoms with E-state index in [9.17, 15) is 4.79 Å². The smallest absolute Gasteiger partial charge is 0.239 e. The number of amides is 1. The van der Waals surface area contributed by atoms with Gasteiger partial charge in [0, 0.05) is 19.6 Å². The lowest BCUT2D eigenvalue weighted by Gasteiger charge is -2.23. The number of halogens is 2. The quantitative estimate of drug-likeness (QED) is 0.731. The molecule has 21 heavy (non-hydrogen) atoms. The summed E-state index contributed by atoms with van der Waals surface area (Å²) in [5.74, 6) is 0.901. The average molecular weight is 422 g/mol. The average Bonchev–Trinajstić information content (AvgIpc) is 2.45. The first-order chi connectivity index (χ1) is 9.94. The van der Waals surface area contributed by atoms with Crippen molar-refractivity contribution < 1.29 is 9.53 Å². The number of carbonyl (C=O) groups excluding carboxylic acids is 1. The van der Waals surface area contributed by atoms with Crippen LogP contribution in [0.1, 0.15) is 26.3 Å². The van der Waals surface area contributed by atoms with Gasteiger partial charge in [-0.2, -0.15) is 0 Å². The van der Waals surface area contributed by atoms with Gasteiger partial charge in [0.1, 0.15) is 5.75 Å². The molecule has 0 heterocycles. The van der Waals surface area contributed by atoms with Crippen molar-refractivity contribution in [3.05, 3.63) is 26.6 Å². The zero-order valence-corrected chi connectivity index (χ0v) is 16.0. The van der Waals surface area contributed by atoms with Gasteiger partial charge >= 0.3 is 0 Å². The minimum atomic E-state index is -0.204. The van der Waals surface area contributed by atoms with Crippen LogP contribution in [-0.2, 0) is 11.3 Å². The largest absolute Gasteiger partial charge is 0.494 e. The molecule has 4 nitrogen and oxygen atoms in total. The highest BCUT2D eigenvalue weighted by Crippen LogP contribution is 2.34. The Bertz CT molecular complexity index is 468. The molecule has 0 saturated carbocycles. The number of nitrogens with zero attached hydrogens (tertiary/aromatic N) is 1. The Kier molecular flexibility index (Phi) is 7.70. The third-order valence-electron chi connectivity index (χ3n) is 3.32. The predicted octanol–water partition coefficient (Wildman–Crippen LogP) is 3.57. The summed E-state index contributed by atoms with van der Waals surface area (Å²) in [5, 5.41) is 3.27. The topological polar surface area (TPSA) is 41.6 Å². The van der Waals surface area contributed by atoms with Gasteiger partial charge in [0.2, 0.25) is 5.91 Å². The molecule has 1 N–H and O–H groups in total. The summed E-state index contributed by atoms with van der Waals surface area (Å²) in [4.78, 5) is 14.0. The molecule has 1 unspecified atom stereocenters. The molecule has 0 radical (unpaired) electrons. The Morgan fingerprint density at radius 1 is 1.29 bits per heavy atom. The van der Waals surface area contributed by atoms with Crippen LogP contribution in [0.5, 0.6) is 5.75 Å². The Morgan fingerprint density at radius 3 is 2.24 bits per heavy atom. The van der Waals surface area contributed by atoms with Crippen molar-refractivity contribution >= 4 is 37.8 Å². The molecule has 118 valence electrons. The van der Waals surface area contributed by atoms with Gasteiger partial charge in [-0.05, 0) is 70.3 Å². The van der Waals surface area contributed by atoms with Crippen LogP contribution in [0.25, 0.3) is 0 Å². The molecule has 1 aromatic carbocycles. The summed E-state index contributed by atoms with van der Waals surface area (Å²) in [5.41, 5.74) is 1.08. The SMILES string of the molecule is CCN(CC)C(=O)C(C)NCc1cc(Br)c(OC)c(Br)c1. The standard InChI is InChI=1S/C15H22Br2N2O2/c1-5-19(6-2)15(20)10(3)18-9-11-7-12(16)14(21-4)13(17)8-11/h7-8,10,18H,5-6,9H2,1-4H3. The molecule has 1 aromatic rings. The second kappa shape index (κ2) is 8.76. The Balaban J connectivity index is 2.69. The monoisotopic (exact) mass is 420 g/mol. The van der Waals surface area contributed by atoms with Crippen LogP contribution in [0, 0.1) is 0 Å². The second-order valence-corrected chi connectivity index (χ2v) is 6.41. The fraction of sp³-hybridized carbons (Fsp3) is 0.533. The maximum Gasteiger partial charge on any atom is 0.239 e. The molecule has 0 fully saturated rings. The number of benzene rings is 1. The van der Waals surface area contributed by atoms with E-state index in [0.29, 0.717) is 6.54 Å². The zero-order chi connectivity index (χ0) is 16.0. The van der Waals surface area contributed by atoms with E-state index in [1.165, 1.54) is 0 Å². The van der Waals surface area contributed by atoms with E-state index >= 15 is 0 Å². The molecular formula is C15H22Br2N2O2. The molecule has 1 amide bonds. The lowest BCUT2D eigenvalue weighted by molar-refractivity contribution is -0.132. The summed E-state index contributed by atoms with van der Waals surface area (Å²) < 4.78 is 7.06. The highest BCUT2D eigenvalue weighted by molar-refractivity contribution is 9.11. The third-order valence-corrected chi connectivity index (χ3v) is 4.50. The van der Waals surface area contributed by atoms with Gasteiger partial charge in [-0.15, -0.1) is 0 Å². The van der Waals surface area contributed by atoms with E-state index in [4.69, 9.17) is 4.74 Å². The molecular weight excluding hydrogens is 400 g/mol. The van der Waals surface area contributed by atoms with E-state index in [2.05, 4.69) is 37.2 Å². The molecule has 1 atom stereocenters. The van der Waals surface area contributed by atoms with E-state index < -0.39 is 0 Å². The highest BCUT2D eigenvalue weighted by atomic mass is 79.9. The summed E-state index contributed by atoms with van der Waals surface area (Å²) in [6.45, 7) is 7.98. The molecule has 0 aliphatic heterocycles. The van der Waals surface area contributed by atoms with Crippen LogP contribution in [0.3, 0.4) is 0 Å². The molecule has 0 aromatic heterocycles. The van der Waals surface area contributed by atoms with Crippen molar-refractivity contribution in [2.24, 2.45) is 0 Å². The molecule has 6 heteroatoms. The first-order valence-electron chi connectivity index (χ1n) is 6.98. The Morgan fingerprint density at radius 2 is 1.81 bits per heavy atom. The molecule has 0 spiro atoms. The van der Waals surface area contributed by atoms with Crippen LogP contribution in [0.2, 0.25) is 0 Å². The van der Waals surface area contributed by atoms with Gasteiger partial charge in [0.15, 0.2) is 0 Å². The van der Waals surface area contributed by atoms with Crippen molar-refractivity contribution in [2.45, 2.75) is 33.4 Å². The number of methoxy groups -OCH3 is 1. The van der Waals surface area contributed by atoms with Crippen molar-refractivity contribution in [3.8, 4) is 5.75 Å². The number of nitrogens with one attached hydrogen (secondary N) is 1. The number of hydrogen-bond donors (Lipinski definition) is 1. The number of likely N-dealkylation sites (N-methyl/N-ethyl adjacent to an activating group) is 1. The van der Waals surface area contributed by atoms with Crippen molar-refractivity contribution in [1.29, 1.82) is 0 Å². The van der Waals surface area contributed by atoms with E-state index in [1.807, 2.05) is 37.8 Å². The maximum absolute atomic E-state index is 12.2. The predicted molar refractivity (Wildman–Crippen MR) is 92.6 cm³/mol. The van der Waals surface area contributed by atoms with Crippen molar-refractivity contribution in [3.63, 3.8) is 0 Å². The molecule has 0 bridgehead atoms.